The maximum absolute atomic E-state index is 14.5. The van der Waals surface area contributed by atoms with Gasteiger partial charge in [0.05, 0.1) is 47.1 Å². The van der Waals surface area contributed by atoms with Crippen LogP contribution in [0.15, 0.2) is 170 Å². The summed E-state index contributed by atoms with van der Waals surface area (Å²) in [7, 11) is 1.30. The monoisotopic (exact) mass is 1680 g/mol. The number of aromatic nitrogens is 6. The van der Waals surface area contributed by atoms with E-state index in [9.17, 15) is 46.3 Å². The van der Waals surface area contributed by atoms with Gasteiger partial charge in [-0.05, 0) is 121 Å². The van der Waals surface area contributed by atoms with Gasteiger partial charge >= 0.3 is 35.8 Å². The number of aromatic carboxylic acids is 3. The molecule has 3 aliphatic heterocycles. The van der Waals surface area contributed by atoms with E-state index in [0.717, 1.165) is 30.4 Å². The first kappa shape index (κ1) is 81.0. The van der Waals surface area contributed by atoms with Gasteiger partial charge in [0.25, 0.3) is 0 Å². The number of rotatable bonds is 20. The van der Waals surface area contributed by atoms with E-state index < -0.39 is 82.2 Å². The summed E-state index contributed by atoms with van der Waals surface area (Å²) in [5.41, 5.74) is 3.80. The van der Waals surface area contributed by atoms with Gasteiger partial charge in [0, 0.05) is 96.9 Å². The van der Waals surface area contributed by atoms with Gasteiger partial charge in [0.1, 0.15) is 48.5 Å². The molecule has 0 radical (unpaired) electrons. The van der Waals surface area contributed by atoms with Gasteiger partial charge in [-0.25, -0.2) is 76.2 Å². The molecule has 114 heavy (non-hydrogen) atoms. The summed E-state index contributed by atoms with van der Waals surface area (Å²) in [6.45, 7) is 3.62. The summed E-state index contributed by atoms with van der Waals surface area (Å²) in [6.07, 6.45) is 17.0. The van der Waals surface area contributed by atoms with Gasteiger partial charge in [0.15, 0.2) is 73.0 Å². The van der Waals surface area contributed by atoms with E-state index in [2.05, 4.69) is 50.8 Å². The third-order valence-corrected chi connectivity index (χ3v) is 23.1. The minimum absolute atomic E-state index is 0.0374. The summed E-state index contributed by atoms with van der Waals surface area (Å²) in [4.78, 5) is 113. The molecular formula is C77H67Cl3F4N12O15S3. The van der Waals surface area contributed by atoms with Crippen LogP contribution in [0.1, 0.15) is 195 Å². The zero-order valence-electron chi connectivity index (χ0n) is 60.3. The van der Waals surface area contributed by atoms with Crippen molar-refractivity contribution < 1.29 is 89.1 Å². The number of nitrogens with zero attached hydrogens (tertiary/aromatic N) is 9. The molecule has 2 saturated carbocycles. The van der Waals surface area contributed by atoms with Crippen LogP contribution in [0.3, 0.4) is 0 Å². The van der Waals surface area contributed by atoms with Crippen molar-refractivity contribution in [2.24, 2.45) is 32.7 Å². The van der Waals surface area contributed by atoms with Crippen LogP contribution in [-0.4, -0.2) is 119 Å². The highest BCUT2D eigenvalue weighted by molar-refractivity contribution is 7.12. The minimum Gasteiger partial charge on any atom is -0.476 e. The van der Waals surface area contributed by atoms with Crippen molar-refractivity contribution in [1.82, 2.24) is 45.9 Å². The SMILES string of the molecule is CCOC(=O)C1=C(C2CC=C(c3nc(C(=O)O)co3)CC2)NC(c2nccs2)=NC1c1ccc(F)c(F)c1Cl.CCOC(=O)C1=C(C2CCC(c3nc(C(=O)O)co3)CC2)NC(c2nccs2)=NC1c1cccc(F)c1Cl.COC(=O)C1=C(C2CCC(c3nc(C(=O)O)co3)CC2)NC(c2nccs2)=NC1c1ccc(F)cc1Cl. The number of aliphatic imine (C=N–C) groups is 3. The second kappa shape index (κ2) is 36.0. The molecule has 3 aromatic carbocycles. The summed E-state index contributed by atoms with van der Waals surface area (Å²) in [6, 6.07) is 7.89. The smallest absolute Gasteiger partial charge is 0.357 e. The fraction of sp³-hybridized carbons (Fsp3) is 0.312. The number of thiazole rings is 3. The van der Waals surface area contributed by atoms with Crippen molar-refractivity contribution in [1.29, 1.82) is 0 Å². The summed E-state index contributed by atoms with van der Waals surface area (Å²) in [5.74, 6) is -6.84. The molecule has 4 atom stereocenters. The highest BCUT2D eigenvalue weighted by atomic mass is 35.5. The highest BCUT2D eigenvalue weighted by Crippen LogP contribution is 2.48. The van der Waals surface area contributed by atoms with Crippen LogP contribution < -0.4 is 16.0 Å². The van der Waals surface area contributed by atoms with Crippen LogP contribution in [0, 0.1) is 41.0 Å². The number of carboxylic acids is 3. The first-order chi connectivity index (χ1) is 55.0. The minimum atomic E-state index is -1.24. The van der Waals surface area contributed by atoms with E-state index in [4.69, 9.17) is 87.6 Å². The standard InChI is InChI=1S/C26H21ClF2N4O5S.C26H24ClFN4O5S.C25H22ClFN4O5S/c1-2-37-26(36)17-20(12-3-5-13(6-4-12)23-31-16(11-38-23)25(34)35)32-22(24-30-9-10-39-24)33-21(17)14-7-8-15(28)19(29)18(14)27;1-2-36-26(35)18-20(13-6-8-14(9-7-13)23-30-17(12-37-23)25(33)34)31-22(24-29-10-11-38-24)32-21(18)15-4-3-5-16(28)19(15)27;1-35-25(34)18-19(12-2-4-13(5-3-12)22-29-17(11-36-22)24(32)33)30-21(23-28-8-9-37-23)31-20(18)15-7-6-14(27)10-16(15)26/h5,7-12,21H,2-4,6H2,1H3,(H,32,33)(H,34,35);3-5,10-14,21H,2,6-9H2,1H3,(H,31,32)(H,33,34);6-13,20H,2-5H2,1H3,(H,30,31)(H,32,33). The van der Waals surface area contributed by atoms with Gasteiger partial charge < -0.3 is 58.7 Å². The van der Waals surface area contributed by atoms with E-state index in [-0.39, 0.29) is 92.5 Å². The van der Waals surface area contributed by atoms with Crippen LogP contribution in [0.4, 0.5) is 17.6 Å². The Hall–Kier alpha value is -11.0. The van der Waals surface area contributed by atoms with E-state index in [1.807, 2.05) is 16.8 Å². The molecule has 9 heterocycles. The van der Waals surface area contributed by atoms with Crippen LogP contribution in [0.25, 0.3) is 5.57 Å². The number of benzene rings is 3. The topological polar surface area (TPSA) is 381 Å². The molecule has 6 aliphatic rings. The Kier molecular flexibility index (Phi) is 25.6. The van der Waals surface area contributed by atoms with E-state index >= 15 is 0 Å². The third kappa shape index (κ3) is 17.7. The number of carboxylic acid groups (broad SMARTS) is 3. The molecule has 9 aromatic rings. The molecule has 15 rings (SSSR count). The molecule has 3 aliphatic carbocycles. The number of nitrogens with one attached hydrogen (secondary N) is 3. The normalized spacial score (nSPS) is 20.9. The average Bonchev–Trinajstić information content (AvgIpc) is 1.06. The zero-order chi connectivity index (χ0) is 80.6. The average molecular weight is 1680 g/mol. The van der Waals surface area contributed by atoms with Crippen molar-refractivity contribution in [3.8, 4) is 0 Å². The van der Waals surface area contributed by atoms with Gasteiger partial charge in [-0.2, -0.15) is 0 Å². The lowest BCUT2D eigenvalue weighted by Gasteiger charge is -2.34. The quantitative estimate of drug-likeness (QED) is 0.0179. The largest absolute Gasteiger partial charge is 0.476 e. The number of oxazole rings is 3. The maximum Gasteiger partial charge on any atom is 0.357 e. The predicted molar refractivity (Wildman–Crippen MR) is 409 cm³/mol. The van der Waals surface area contributed by atoms with E-state index in [1.54, 1.807) is 43.9 Å². The number of esters is 3. The molecule has 27 nitrogen and oxygen atoms in total. The second-order valence-electron chi connectivity index (χ2n) is 26.4. The van der Waals surface area contributed by atoms with Crippen molar-refractivity contribution in [3.63, 3.8) is 0 Å². The van der Waals surface area contributed by atoms with Gasteiger partial charge in [-0.1, -0.05) is 65.1 Å². The van der Waals surface area contributed by atoms with Crippen LogP contribution in [0.5, 0.6) is 0 Å². The van der Waals surface area contributed by atoms with E-state index in [0.29, 0.717) is 149 Å². The Bertz CT molecular complexity index is 5380. The number of carbonyl (C=O) groups is 6. The third-order valence-electron chi connectivity index (χ3n) is 19.7. The molecule has 2 fully saturated rings. The fourth-order valence-corrected chi connectivity index (χ4v) is 16.8. The maximum atomic E-state index is 14.5. The fourth-order valence-electron chi connectivity index (χ4n) is 14.3. The predicted octanol–water partition coefficient (Wildman–Crippen LogP) is 16.2. The number of halogens is 7. The Morgan fingerprint density at radius 2 is 0.956 bits per heavy atom. The molecule has 0 saturated heterocycles. The van der Waals surface area contributed by atoms with Gasteiger partial charge in [-0.15, -0.1) is 34.0 Å². The Morgan fingerprint density at radius 1 is 0.518 bits per heavy atom. The van der Waals surface area contributed by atoms with Crippen molar-refractivity contribution in [2.75, 3.05) is 20.3 Å². The first-order valence-corrected chi connectivity index (χ1v) is 39.4. The molecule has 6 aromatic heterocycles. The summed E-state index contributed by atoms with van der Waals surface area (Å²) in [5, 5.41) is 44.2. The van der Waals surface area contributed by atoms with Crippen molar-refractivity contribution >= 4 is 128 Å². The highest BCUT2D eigenvalue weighted by Gasteiger charge is 2.43. The molecular weight excluding hydrogens is 1610 g/mol. The van der Waals surface area contributed by atoms with Gasteiger partial charge in [-0.3, -0.25) is 15.0 Å². The molecule has 6 N–H and O–H groups in total. The number of allylic oxidation sites excluding steroid dienone is 5. The Morgan fingerprint density at radius 3 is 1.38 bits per heavy atom. The Balaban J connectivity index is 0.000000149. The lowest BCUT2D eigenvalue weighted by molar-refractivity contribution is -0.140. The Labute approximate surface area is 672 Å². The number of carbonyl (C=O) groups excluding carboxylic acids is 3. The zero-order valence-corrected chi connectivity index (χ0v) is 65.1. The van der Waals surface area contributed by atoms with Crippen molar-refractivity contribution in [2.45, 2.75) is 114 Å². The molecule has 592 valence electrons. The number of amidine groups is 3. The number of ether oxygens (including phenoxy) is 3. The number of hydrogen-bond donors (Lipinski definition) is 6. The summed E-state index contributed by atoms with van der Waals surface area (Å²) >= 11 is 23.1. The lowest BCUT2D eigenvalue weighted by Crippen LogP contribution is -2.38. The van der Waals surface area contributed by atoms with Crippen LogP contribution >= 0.6 is 68.8 Å². The molecule has 0 bridgehead atoms. The van der Waals surface area contributed by atoms with Crippen LogP contribution in [0.2, 0.25) is 15.1 Å². The summed E-state index contributed by atoms with van der Waals surface area (Å²) < 4.78 is 88.9. The second-order valence-corrected chi connectivity index (χ2v) is 30.3. The molecule has 0 amide bonds. The first-order valence-electron chi connectivity index (χ1n) is 35.7. The molecule has 37 heteroatoms. The van der Waals surface area contributed by atoms with E-state index in [1.165, 1.54) is 77.5 Å². The van der Waals surface area contributed by atoms with Crippen molar-refractivity contribution in [3.05, 3.63) is 247 Å². The lowest BCUT2D eigenvalue weighted by atomic mass is 9.78. The number of hydrogen-bond acceptors (Lipinski definition) is 27. The molecule has 4 unspecified atom stereocenters. The van der Waals surface area contributed by atoms with Gasteiger partial charge in [0.2, 0.25) is 5.89 Å². The number of methoxy groups -OCH3 is 1. The molecule has 0 spiro atoms. The van der Waals surface area contributed by atoms with Crippen LogP contribution in [-0.2, 0) is 28.6 Å².